The number of nitrogens with one attached hydrogen (secondary N) is 1. The van der Waals surface area contributed by atoms with Crippen molar-refractivity contribution in [1.29, 1.82) is 0 Å². The molecule has 0 saturated carbocycles. The van der Waals surface area contributed by atoms with Crippen molar-refractivity contribution in [3.05, 3.63) is 0 Å². The van der Waals surface area contributed by atoms with E-state index in [0.717, 1.165) is 32.5 Å². The van der Waals surface area contributed by atoms with Gasteiger partial charge in [-0.3, -0.25) is 4.79 Å². The van der Waals surface area contributed by atoms with E-state index in [1.165, 1.54) is 0 Å². The van der Waals surface area contributed by atoms with Crippen molar-refractivity contribution in [2.45, 2.75) is 39.0 Å². The van der Waals surface area contributed by atoms with Gasteiger partial charge in [-0.05, 0) is 38.0 Å². The number of hydrogen-bond acceptors (Lipinski definition) is 3. The van der Waals surface area contributed by atoms with Gasteiger partial charge in [0.05, 0.1) is 5.41 Å². The summed E-state index contributed by atoms with van der Waals surface area (Å²) >= 11 is 0. The maximum Gasteiger partial charge on any atom is 0.317 e. The number of piperidine rings is 1. The Bertz CT molecular complexity index is 382. The average molecular weight is 298 g/mol. The number of urea groups is 1. The Morgan fingerprint density at radius 2 is 2.10 bits per heavy atom. The second-order valence-electron chi connectivity index (χ2n) is 6.21. The Labute approximate surface area is 125 Å². The first-order valence-corrected chi connectivity index (χ1v) is 7.91. The summed E-state index contributed by atoms with van der Waals surface area (Å²) in [5, 5.41) is 12.4. The lowest BCUT2D eigenvalue weighted by atomic mass is 9.78. The van der Waals surface area contributed by atoms with Gasteiger partial charge < -0.3 is 20.1 Å². The molecule has 0 spiro atoms. The Hall–Kier alpha value is -1.30. The molecule has 0 bridgehead atoms. The molecule has 0 aromatic carbocycles. The number of carboxylic acids is 1. The Balaban J connectivity index is 1.85. The van der Waals surface area contributed by atoms with Gasteiger partial charge in [-0.2, -0.15) is 0 Å². The molecule has 120 valence electrons. The van der Waals surface area contributed by atoms with Crippen molar-refractivity contribution in [3.63, 3.8) is 0 Å². The zero-order valence-corrected chi connectivity index (χ0v) is 12.8. The van der Waals surface area contributed by atoms with E-state index < -0.39 is 11.4 Å². The zero-order chi connectivity index (χ0) is 15.3. The summed E-state index contributed by atoms with van der Waals surface area (Å²) in [6, 6.07) is -0.125. The van der Waals surface area contributed by atoms with Gasteiger partial charge in [-0.1, -0.05) is 6.92 Å². The van der Waals surface area contributed by atoms with Crippen LogP contribution in [0.1, 0.15) is 39.0 Å². The summed E-state index contributed by atoms with van der Waals surface area (Å²) in [7, 11) is 0. The van der Waals surface area contributed by atoms with Gasteiger partial charge in [0.1, 0.15) is 0 Å². The minimum atomic E-state index is -0.785. The third-order valence-electron chi connectivity index (χ3n) is 4.88. The Kier molecular flexibility index (Phi) is 5.45. The Morgan fingerprint density at radius 3 is 2.71 bits per heavy atom. The summed E-state index contributed by atoms with van der Waals surface area (Å²) < 4.78 is 5.30. The van der Waals surface area contributed by atoms with E-state index >= 15 is 0 Å². The number of ether oxygens (including phenoxy) is 1. The molecule has 0 aromatic heterocycles. The largest absolute Gasteiger partial charge is 0.481 e. The van der Waals surface area contributed by atoms with Crippen molar-refractivity contribution >= 4 is 12.0 Å². The van der Waals surface area contributed by atoms with Gasteiger partial charge in [0.25, 0.3) is 0 Å². The normalized spacial score (nSPS) is 27.4. The zero-order valence-electron chi connectivity index (χ0n) is 12.8. The molecule has 2 fully saturated rings. The molecular formula is C15H26N2O4. The van der Waals surface area contributed by atoms with Crippen molar-refractivity contribution in [2.75, 3.05) is 32.8 Å². The first-order valence-electron chi connectivity index (χ1n) is 7.91. The fraction of sp³-hybridized carbons (Fsp3) is 0.867. The third kappa shape index (κ3) is 3.87. The predicted molar refractivity (Wildman–Crippen MR) is 78.1 cm³/mol. The number of rotatable bonds is 4. The molecule has 2 aliphatic heterocycles. The molecule has 2 aliphatic rings. The van der Waals surface area contributed by atoms with Crippen molar-refractivity contribution in [2.24, 2.45) is 11.3 Å². The van der Waals surface area contributed by atoms with Crippen LogP contribution >= 0.6 is 0 Å². The first-order chi connectivity index (χ1) is 10.1. The van der Waals surface area contributed by atoms with Crippen LogP contribution in [0.4, 0.5) is 4.79 Å². The van der Waals surface area contributed by atoms with Crippen molar-refractivity contribution < 1.29 is 19.4 Å². The van der Waals surface area contributed by atoms with Crippen LogP contribution in [-0.4, -0.2) is 54.9 Å². The summed E-state index contributed by atoms with van der Waals surface area (Å²) in [5.41, 5.74) is -0.770. The fourth-order valence-electron chi connectivity index (χ4n) is 3.21. The molecule has 21 heavy (non-hydrogen) atoms. The number of carboxylic acid groups (broad SMARTS) is 1. The fourth-order valence-corrected chi connectivity index (χ4v) is 3.21. The van der Waals surface area contributed by atoms with E-state index in [1.807, 2.05) is 6.92 Å². The second kappa shape index (κ2) is 7.11. The molecule has 6 nitrogen and oxygen atoms in total. The lowest BCUT2D eigenvalue weighted by molar-refractivity contribution is -0.152. The van der Waals surface area contributed by atoms with Crippen LogP contribution in [0.15, 0.2) is 0 Å². The molecule has 1 atom stereocenters. The summed E-state index contributed by atoms with van der Waals surface area (Å²) in [4.78, 5) is 25.4. The number of amides is 2. The van der Waals surface area contributed by atoms with Crippen LogP contribution < -0.4 is 5.32 Å². The highest BCUT2D eigenvalue weighted by atomic mass is 16.5. The molecule has 2 heterocycles. The average Bonchev–Trinajstić information content (AvgIpc) is 2.53. The van der Waals surface area contributed by atoms with E-state index in [4.69, 9.17) is 4.74 Å². The van der Waals surface area contributed by atoms with E-state index in [2.05, 4.69) is 5.32 Å². The van der Waals surface area contributed by atoms with E-state index in [0.29, 0.717) is 38.4 Å². The summed E-state index contributed by atoms with van der Waals surface area (Å²) in [6.07, 6.45) is 3.93. The van der Waals surface area contributed by atoms with E-state index in [-0.39, 0.29) is 6.03 Å². The highest BCUT2D eigenvalue weighted by Crippen LogP contribution is 2.33. The standard InChI is InChI=1S/C15H26N2O4/c1-2-15(13(18)19)6-3-7-17(11-15)14(20)16-10-12-4-8-21-9-5-12/h12H,2-11H2,1H3,(H,16,20)(H,18,19). The SMILES string of the molecule is CCC1(C(=O)O)CCCN(C(=O)NCC2CCOCC2)C1. The number of carbonyl (C=O) groups is 2. The molecule has 0 aromatic rings. The van der Waals surface area contributed by atoms with Gasteiger partial charge in [-0.15, -0.1) is 0 Å². The van der Waals surface area contributed by atoms with E-state index in [9.17, 15) is 14.7 Å². The monoisotopic (exact) mass is 298 g/mol. The lowest BCUT2D eigenvalue weighted by Crippen LogP contribution is -2.53. The van der Waals surface area contributed by atoms with Crippen LogP contribution in [0.3, 0.4) is 0 Å². The lowest BCUT2D eigenvalue weighted by Gasteiger charge is -2.39. The maximum absolute atomic E-state index is 12.3. The van der Waals surface area contributed by atoms with Gasteiger partial charge >= 0.3 is 12.0 Å². The number of likely N-dealkylation sites (tertiary alicyclic amines) is 1. The number of carbonyl (C=O) groups excluding carboxylic acids is 1. The predicted octanol–water partition coefficient (Wildman–Crippen LogP) is 1.70. The number of hydrogen-bond donors (Lipinski definition) is 2. The van der Waals surface area contributed by atoms with Crippen LogP contribution in [0.5, 0.6) is 0 Å². The molecule has 6 heteroatoms. The Morgan fingerprint density at radius 1 is 1.38 bits per heavy atom. The smallest absolute Gasteiger partial charge is 0.317 e. The van der Waals surface area contributed by atoms with Gasteiger partial charge in [0.2, 0.25) is 0 Å². The van der Waals surface area contributed by atoms with Gasteiger partial charge in [-0.25, -0.2) is 4.79 Å². The minimum Gasteiger partial charge on any atom is -0.481 e. The molecule has 0 aliphatic carbocycles. The highest BCUT2D eigenvalue weighted by molar-refractivity contribution is 5.78. The maximum atomic E-state index is 12.3. The molecule has 1 unspecified atom stereocenters. The molecule has 2 rings (SSSR count). The topological polar surface area (TPSA) is 78.9 Å². The molecular weight excluding hydrogens is 272 g/mol. The third-order valence-corrected chi connectivity index (χ3v) is 4.88. The van der Waals surface area contributed by atoms with Crippen LogP contribution in [-0.2, 0) is 9.53 Å². The minimum absolute atomic E-state index is 0.125. The van der Waals surface area contributed by atoms with Gasteiger partial charge in [0.15, 0.2) is 0 Å². The quantitative estimate of drug-likeness (QED) is 0.828. The van der Waals surface area contributed by atoms with Crippen LogP contribution in [0.2, 0.25) is 0 Å². The van der Waals surface area contributed by atoms with Gasteiger partial charge in [0, 0.05) is 32.8 Å². The van der Waals surface area contributed by atoms with Crippen LogP contribution in [0.25, 0.3) is 0 Å². The highest BCUT2D eigenvalue weighted by Gasteiger charge is 2.42. The van der Waals surface area contributed by atoms with Crippen molar-refractivity contribution in [1.82, 2.24) is 10.2 Å². The summed E-state index contributed by atoms with van der Waals surface area (Å²) in [5.74, 6) is -0.310. The van der Waals surface area contributed by atoms with Crippen molar-refractivity contribution in [3.8, 4) is 0 Å². The molecule has 2 saturated heterocycles. The second-order valence-corrected chi connectivity index (χ2v) is 6.21. The van der Waals surface area contributed by atoms with E-state index in [1.54, 1.807) is 4.90 Å². The van der Waals surface area contributed by atoms with Crippen LogP contribution in [0, 0.1) is 11.3 Å². The molecule has 2 amide bonds. The number of nitrogens with zero attached hydrogens (tertiary/aromatic N) is 1. The molecule has 0 radical (unpaired) electrons. The first kappa shape index (κ1) is 16.1. The number of aliphatic carboxylic acids is 1. The summed E-state index contributed by atoms with van der Waals surface area (Å²) in [6.45, 7) is 5.04. The molecule has 2 N–H and O–H groups in total.